The van der Waals surface area contributed by atoms with Crippen molar-refractivity contribution >= 4 is 19.8 Å². The Hall–Kier alpha value is -2.55. The first kappa shape index (κ1) is 84.7. The van der Waals surface area contributed by atoms with Crippen LogP contribution in [0.5, 0.6) is 0 Å². The molecule has 100 heavy (non-hydrogen) atoms. The number of rotatable bonds is 31. The second-order valence-electron chi connectivity index (χ2n) is 24.2. The number of carbonyl (C=O) groups is 2. The second-order valence-corrected chi connectivity index (χ2v) is 25.6. The maximum Gasteiger partial charge on any atom is 0.472 e. The Bertz CT molecular complexity index is 2620. The van der Waals surface area contributed by atoms with Gasteiger partial charge in [0.2, 0.25) is 0 Å². The van der Waals surface area contributed by atoms with E-state index in [2.05, 4.69) is 4.52 Å². The van der Waals surface area contributed by atoms with Crippen molar-refractivity contribution in [1.29, 1.82) is 0 Å². The van der Waals surface area contributed by atoms with E-state index in [9.17, 15) is 162 Å². The van der Waals surface area contributed by atoms with Crippen LogP contribution in [-0.4, -0.2) is 458 Å². The van der Waals surface area contributed by atoms with E-state index >= 15 is 0 Å². The number of carboxylic acids is 2. The number of carboxylic acid groups (broad SMARTS) is 2. The van der Waals surface area contributed by atoms with Crippen molar-refractivity contribution in [3.8, 4) is 0 Å². The third-order valence-electron chi connectivity index (χ3n) is 17.5. The third kappa shape index (κ3) is 17.7. The topological polar surface area (TPSA) is 802 Å². The molecule has 49 heteroatoms. The van der Waals surface area contributed by atoms with Gasteiger partial charge in [-0.05, 0) is 0 Å². The zero-order valence-electron chi connectivity index (χ0n) is 51.8. The number of phosphoric acid groups is 1. The van der Waals surface area contributed by atoms with Crippen molar-refractivity contribution in [2.24, 2.45) is 5.73 Å². The minimum atomic E-state index is -5.18. The van der Waals surface area contributed by atoms with Crippen molar-refractivity contribution in [2.75, 3.05) is 59.4 Å². The zero-order valence-corrected chi connectivity index (χ0v) is 52.7. The van der Waals surface area contributed by atoms with Crippen LogP contribution in [0.25, 0.3) is 0 Å². The molecular weight excluding hydrogens is 1410 g/mol. The van der Waals surface area contributed by atoms with E-state index in [1.165, 1.54) is 0 Å². The first-order chi connectivity index (χ1) is 46.9. The van der Waals surface area contributed by atoms with Crippen molar-refractivity contribution in [3.05, 3.63) is 0 Å². The molecule has 0 saturated carbocycles. The van der Waals surface area contributed by atoms with Crippen molar-refractivity contribution < 1.29 is 233 Å². The van der Waals surface area contributed by atoms with Gasteiger partial charge < -0.3 is 215 Å². The van der Waals surface area contributed by atoms with Gasteiger partial charge in [0.1, 0.15) is 189 Å². The van der Waals surface area contributed by atoms with Crippen LogP contribution in [-0.2, 0) is 84.8 Å². The molecule has 0 amide bonds. The number of aliphatic hydroxyl groups excluding tert-OH is 25. The molecule has 7 rings (SSSR count). The summed E-state index contributed by atoms with van der Waals surface area (Å²) in [7, 11) is -5.18. The lowest BCUT2D eigenvalue weighted by Gasteiger charge is -2.54. The Labute approximate surface area is 561 Å². The summed E-state index contributed by atoms with van der Waals surface area (Å²) >= 11 is 0. The highest BCUT2D eigenvalue weighted by molar-refractivity contribution is 7.47. The van der Waals surface area contributed by atoms with E-state index < -0.39 is 317 Å². The fourth-order valence-corrected chi connectivity index (χ4v) is 13.0. The molecule has 0 bridgehead atoms. The monoisotopic (exact) mass is 1500 g/mol. The largest absolute Gasteiger partial charge is 0.477 e. The maximum absolute atomic E-state index is 13.8. The highest BCUT2D eigenvalue weighted by atomic mass is 31.2. The van der Waals surface area contributed by atoms with Crippen LogP contribution in [0.4, 0.5) is 0 Å². The molecule has 48 nitrogen and oxygen atoms in total. The smallest absolute Gasteiger partial charge is 0.472 e. The Balaban J connectivity index is 1.32. The van der Waals surface area contributed by atoms with Crippen LogP contribution < -0.4 is 5.73 Å². The normalized spacial score (nSPS) is 47.3. The summed E-state index contributed by atoms with van der Waals surface area (Å²) in [6.45, 7) is -10.5. The molecule has 7 fully saturated rings. The van der Waals surface area contributed by atoms with Gasteiger partial charge in [-0.2, -0.15) is 0 Å². The van der Waals surface area contributed by atoms with Gasteiger partial charge in [0.25, 0.3) is 11.6 Å². The van der Waals surface area contributed by atoms with Crippen LogP contribution >= 0.6 is 7.82 Å². The van der Waals surface area contributed by atoms with E-state index in [-0.39, 0.29) is 6.54 Å². The summed E-state index contributed by atoms with van der Waals surface area (Å²) in [5.74, 6) is -13.0. The van der Waals surface area contributed by atoms with Crippen LogP contribution in [0, 0.1) is 0 Å². The molecule has 1 unspecified atom stereocenters. The van der Waals surface area contributed by atoms with Gasteiger partial charge in [0, 0.05) is 13.0 Å². The predicted octanol–water partition coefficient (Wildman–Crippen LogP) is -19.4. The summed E-state index contributed by atoms with van der Waals surface area (Å²) < 4.78 is 96.1. The fourth-order valence-electron chi connectivity index (χ4n) is 12.1. The average molecular weight is 1500 g/mol. The molecule has 40 atom stereocenters. The van der Waals surface area contributed by atoms with Gasteiger partial charge in [-0.15, -0.1) is 0 Å². The molecule has 584 valence electrons. The summed E-state index contributed by atoms with van der Waals surface area (Å²) in [5.41, 5.74) is 5.30. The minimum Gasteiger partial charge on any atom is -0.477 e. The Morgan fingerprint density at radius 1 is 0.440 bits per heavy atom. The lowest BCUT2D eigenvalue weighted by atomic mass is 9.87. The van der Waals surface area contributed by atoms with Gasteiger partial charge >= 0.3 is 19.8 Å². The molecule has 0 aromatic heterocycles. The van der Waals surface area contributed by atoms with Crippen LogP contribution in [0.15, 0.2) is 0 Å². The number of nitrogens with two attached hydrogens (primary N) is 1. The molecule has 31 N–H and O–H groups in total. The third-order valence-corrected chi connectivity index (χ3v) is 18.5. The average Bonchev–Trinajstić information content (AvgIpc) is 0.737. The van der Waals surface area contributed by atoms with E-state index in [0.717, 1.165) is 0 Å². The molecule has 7 saturated heterocycles. The first-order valence-corrected chi connectivity index (χ1v) is 32.1. The molecular formula is C51H88NO47P. The first-order valence-electron chi connectivity index (χ1n) is 30.6. The number of hydrogen-bond donors (Lipinski definition) is 30. The van der Waals surface area contributed by atoms with Crippen LogP contribution in [0.3, 0.4) is 0 Å². The van der Waals surface area contributed by atoms with Gasteiger partial charge in [-0.3, -0.25) is 9.05 Å². The maximum atomic E-state index is 13.8. The molecule has 7 aliphatic heterocycles. The molecule has 7 aliphatic rings. The van der Waals surface area contributed by atoms with Crippen molar-refractivity contribution in [3.63, 3.8) is 0 Å². The summed E-state index contributed by atoms with van der Waals surface area (Å²) in [5, 5.41) is 307. The SMILES string of the molecule is NCCOP(=O)(O)O[C@H]1[C@H](O)[C@@H](O)[C@@H](O[C@@H]2[C@H](O)[C@@H](O[C@@H]3[C@H](O)[C@@H](O[C@H]4[C@@H]([C@H](O)CO)O[C@@](O)(C(=O)O)C[C@H]4O[C@@]4(C(=O)O)O[C@H]([C@H](O)CO)[C@H](O[C@H]5O[C@H]([C@@H](O)CO)[C@@H](O)[C@H](O)[C@@H]5O)[C@H](O)[C@@H]4O)O[C@H]([C@H](O)CO)[C@H]3O[C@@H]3O[C@H](CO)[C@@H](O)[C@H](O)[C@H]3O)O[C@H]([C@@H](O)CO)[C@H]2O)O[C@@H]1CO. The number of ether oxygens (including phenoxy) is 13. The summed E-state index contributed by atoms with van der Waals surface area (Å²) in [4.78, 5) is 36.9. The van der Waals surface area contributed by atoms with Gasteiger partial charge in [-0.1, -0.05) is 0 Å². The number of aliphatic carboxylic acids is 2. The van der Waals surface area contributed by atoms with Crippen molar-refractivity contribution in [2.45, 2.75) is 245 Å². The molecule has 7 heterocycles. The zero-order chi connectivity index (χ0) is 74.7. The second kappa shape index (κ2) is 35.4. The number of phosphoric ester groups is 1. The van der Waals surface area contributed by atoms with Gasteiger partial charge in [0.15, 0.2) is 31.5 Å². The quantitative estimate of drug-likeness (QED) is 0.0287. The Morgan fingerprint density at radius 3 is 1.36 bits per heavy atom. The lowest BCUT2D eigenvalue weighted by Crippen LogP contribution is -2.74. The van der Waals surface area contributed by atoms with Gasteiger partial charge in [-0.25, -0.2) is 14.2 Å². The molecule has 0 aromatic rings. The van der Waals surface area contributed by atoms with E-state index in [0.29, 0.717) is 0 Å². The standard InChI is InChI=1S/C51H88NO47P/c52-1-2-85-100(83,84)99-36-18(10-59)87-44(26(72)23(36)69)92-38-27(73)32(12(61)5-54)89-46(29(38)75)94-40-30(76)47(90-33(13(62)6-55)41(40)95-43-24(70)20(66)19(65)17(9-58)86-43)91-37-16(3-50(82,48(78)79)97-34(37)14(63)7-56)96-51(49(80)81)42(77)28(74)39(35(98-51)15(64)8-57)93-45-25(71)21(67)22(68)31(88-45)11(60)4-53/h11-47,53-77,82H,1-10,52H2,(H,78,79)(H,80,81)(H,83,84)/t11-,12-,13+,14+,15+,16+,17+,18+,19+,20-,21-,22-,23+,24+,25-,26+,27+,28-,29-,30-,31+,32+,33+,34+,35+,36+,37+,38-,39+,40+,41+,42-,43-,44+,45+,46+,47+,50+,51+/m0/s1. The van der Waals surface area contributed by atoms with E-state index in [4.69, 9.17) is 71.8 Å². The molecule has 0 spiro atoms. The van der Waals surface area contributed by atoms with Crippen LogP contribution in [0.1, 0.15) is 6.42 Å². The Morgan fingerprint density at radius 2 is 0.850 bits per heavy atom. The van der Waals surface area contributed by atoms with Crippen molar-refractivity contribution in [1.82, 2.24) is 0 Å². The molecule has 0 aliphatic carbocycles. The van der Waals surface area contributed by atoms with Crippen LogP contribution in [0.2, 0.25) is 0 Å². The Kier molecular flexibility index (Phi) is 30.0. The highest BCUT2D eigenvalue weighted by Crippen LogP contribution is 2.48. The fraction of sp³-hybridized carbons (Fsp3) is 0.961. The minimum absolute atomic E-state index is 0.330. The number of hydrogen-bond acceptors (Lipinski definition) is 45. The van der Waals surface area contributed by atoms with E-state index in [1.54, 1.807) is 0 Å². The summed E-state index contributed by atoms with van der Waals surface area (Å²) in [6.07, 6.45) is -94.1. The molecule has 0 aromatic carbocycles. The highest BCUT2D eigenvalue weighted by Gasteiger charge is 2.68. The van der Waals surface area contributed by atoms with Gasteiger partial charge in [0.05, 0.1) is 59.0 Å². The lowest BCUT2D eigenvalue weighted by molar-refractivity contribution is -0.425. The predicted molar refractivity (Wildman–Crippen MR) is 297 cm³/mol. The van der Waals surface area contributed by atoms with E-state index in [1.807, 2.05) is 0 Å². The summed E-state index contributed by atoms with van der Waals surface area (Å²) in [6, 6.07) is 0. The molecule has 0 radical (unpaired) electrons. The number of aliphatic hydroxyl groups is 26.